The van der Waals surface area contributed by atoms with E-state index in [-0.39, 0.29) is 0 Å². The van der Waals surface area contributed by atoms with Crippen molar-refractivity contribution in [3.63, 3.8) is 0 Å². The van der Waals surface area contributed by atoms with Gasteiger partial charge >= 0.3 is 0 Å². The minimum absolute atomic E-state index is 0.349. The Morgan fingerprint density at radius 2 is 1.95 bits per heavy atom. The molecule has 3 rings (SSSR count). The molecule has 6 heteroatoms. The number of nitrogens with zero attached hydrogens (tertiary/aromatic N) is 4. The number of halogens is 2. The highest BCUT2D eigenvalue weighted by Crippen LogP contribution is 2.10. The first-order valence-electron chi connectivity index (χ1n) is 6.43. The Morgan fingerprint density at radius 1 is 1.18 bits per heavy atom. The fourth-order valence-electron chi connectivity index (χ4n) is 1.87. The quantitative estimate of drug-likeness (QED) is 0.648. The molecule has 22 heavy (non-hydrogen) atoms. The predicted molar refractivity (Wildman–Crippen MR) is 81.3 cm³/mol. The Morgan fingerprint density at radius 3 is 2.68 bits per heavy atom. The maximum absolute atomic E-state index is 12.9. The monoisotopic (exact) mass is 312 g/mol. The van der Waals surface area contributed by atoms with E-state index in [9.17, 15) is 4.39 Å². The molecular weight excluding hydrogens is 303 g/mol. The van der Waals surface area contributed by atoms with Crippen molar-refractivity contribution in [3.05, 3.63) is 70.8 Å². The molecule has 0 spiro atoms. The number of hydrogen-bond acceptors (Lipinski definition) is 3. The molecule has 0 saturated carbocycles. The molecule has 3 aromatic rings. The van der Waals surface area contributed by atoms with E-state index in [1.165, 1.54) is 0 Å². The summed E-state index contributed by atoms with van der Waals surface area (Å²) in [6, 6.07) is 7.27. The van der Waals surface area contributed by atoms with Gasteiger partial charge in [0, 0.05) is 16.8 Å². The Kier molecular flexibility index (Phi) is 3.86. The molecule has 1 aromatic carbocycles. The molecule has 0 bridgehead atoms. The fraction of sp³-hybridized carbons (Fsp3) is 0.0625. The van der Waals surface area contributed by atoms with Crippen LogP contribution in [0.25, 0.3) is 5.95 Å². The molecule has 0 fully saturated rings. The minimum Gasteiger partial charge on any atom is -0.271 e. The molecule has 2 aromatic heterocycles. The summed E-state index contributed by atoms with van der Waals surface area (Å²) in [5.41, 5.74) is 1.38. The van der Waals surface area contributed by atoms with Crippen LogP contribution in [0.1, 0.15) is 17.1 Å². The van der Waals surface area contributed by atoms with Crippen LogP contribution < -0.4 is 0 Å². The topological polar surface area (TPSA) is 43.6 Å². The van der Waals surface area contributed by atoms with Crippen LogP contribution in [-0.4, -0.2) is 19.5 Å². The van der Waals surface area contributed by atoms with Gasteiger partial charge in [0.25, 0.3) is 0 Å². The minimum atomic E-state index is -0.484. The zero-order chi connectivity index (χ0) is 15.5. The first kappa shape index (κ1) is 14.2. The van der Waals surface area contributed by atoms with E-state index < -0.39 is 5.82 Å². The highest BCUT2D eigenvalue weighted by atomic mass is 35.5. The van der Waals surface area contributed by atoms with Gasteiger partial charge in [0.05, 0.1) is 12.4 Å². The van der Waals surface area contributed by atoms with Crippen LogP contribution in [-0.2, 0) is 0 Å². The SMILES string of the molecule is Cc1nc(C#Cc2cccc(Cl)c2)cn1-c1ncc(F)cn1. The molecule has 0 aliphatic rings. The summed E-state index contributed by atoms with van der Waals surface area (Å²) < 4.78 is 14.5. The highest BCUT2D eigenvalue weighted by Gasteiger charge is 2.07. The largest absolute Gasteiger partial charge is 0.271 e. The van der Waals surface area contributed by atoms with Gasteiger partial charge in [-0.2, -0.15) is 0 Å². The molecule has 108 valence electrons. The summed E-state index contributed by atoms with van der Waals surface area (Å²) in [5, 5.41) is 0.633. The van der Waals surface area contributed by atoms with Crippen molar-refractivity contribution in [2.24, 2.45) is 0 Å². The van der Waals surface area contributed by atoms with E-state index in [1.807, 2.05) is 12.1 Å². The lowest BCUT2D eigenvalue weighted by Crippen LogP contribution is -2.01. The summed E-state index contributed by atoms with van der Waals surface area (Å²) in [5.74, 6) is 6.49. The van der Waals surface area contributed by atoms with Gasteiger partial charge in [-0.1, -0.05) is 23.6 Å². The van der Waals surface area contributed by atoms with Crippen molar-refractivity contribution >= 4 is 11.6 Å². The van der Waals surface area contributed by atoms with Crippen molar-refractivity contribution in [3.8, 4) is 17.8 Å². The van der Waals surface area contributed by atoms with E-state index in [1.54, 1.807) is 29.8 Å². The summed E-state index contributed by atoms with van der Waals surface area (Å²) in [4.78, 5) is 12.2. The maximum Gasteiger partial charge on any atom is 0.235 e. The number of aromatic nitrogens is 4. The van der Waals surface area contributed by atoms with Gasteiger partial charge < -0.3 is 0 Å². The van der Waals surface area contributed by atoms with Crippen LogP contribution in [0.5, 0.6) is 0 Å². The summed E-state index contributed by atoms with van der Waals surface area (Å²) in [6.07, 6.45) is 3.93. The Labute approximate surface area is 131 Å². The normalized spacial score (nSPS) is 10.1. The maximum atomic E-state index is 12.9. The third-order valence-corrected chi connectivity index (χ3v) is 3.10. The van der Waals surface area contributed by atoms with Crippen molar-refractivity contribution < 1.29 is 4.39 Å². The molecule has 0 amide bonds. The predicted octanol–water partition coefficient (Wildman–Crippen LogP) is 3.16. The molecule has 0 radical (unpaired) electrons. The van der Waals surface area contributed by atoms with Gasteiger partial charge in [-0.15, -0.1) is 0 Å². The first-order valence-corrected chi connectivity index (χ1v) is 6.81. The van der Waals surface area contributed by atoms with E-state index in [0.717, 1.165) is 18.0 Å². The third kappa shape index (κ3) is 3.13. The van der Waals surface area contributed by atoms with E-state index in [0.29, 0.717) is 22.5 Å². The number of benzene rings is 1. The number of rotatable bonds is 1. The second-order valence-corrected chi connectivity index (χ2v) is 4.94. The van der Waals surface area contributed by atoms with E-state index >= 15 is 0 Å². The third-order valence-electron chi connectivity index (χ3n) is 2.86. The standard InChI is InChI=1S/C16H10ClFN4/c1-11-21-15(6-5-12-3-2-4-13(17)7-12)10-22(11)16-19-8-14(18)9-20-16/h2-4,7-10H,1H3. The van der Waals surface area contributed by atoms with Gasteiger partial charge in [0.1, 0.15) is 11.5 Å². The Hall–Kier alpha value is -2.71. The lowest BCUT2D eigenvalue weighted by atomic mass is 10.2. The Balaban J connectivity index is 1.91. The molecule has 0 unspecified atom stereocenters. The average molecular weight is 313 g/mol. The van der Waals surface area contributed by atoms with E-state index in [2.05, 4.69) is 26.8 Å². The molecule has 4 nitrogen and oxygen atoms in total. The Bertz CT molecular complexity index is 875. The average Bonchev–Trinajstić information content (AvgIpc) is 2.87. The van der Waals surface area contributed by atoms with Crippen molar-refractivity contribution in [1.82, 2.24) is 19.5 Å². The lowest BCUT2D eigenvalue weighted by molar-refractivity contribution is 0.610. The molecule has 0 aliphatic heterocycles. The van der Waals surface area contributed by atoms with Crippen LogP contribution in [0.4, 0.5) is 4.39 Å². The second kappa shape index (κ2) is 5.96. The van der Waals surface area contributed by atoms with Crippen LogP contribution in [0, 0.1) is 24.6 Å². The second-order valence-electron chi connectivity index (χ2n) is 4.50. The van der Waals surface area contributed by atoms with Crippen LogP contribution >= 0.6 is 11.6 Å². The van der Waals surface area contributed by atoms with Crippen LogP contribution in [0.2, 0.25) is 5.02 Å². The molecule has 0 aliphatic carbocycles. The summed E-state index contributed by atoms with van der Waals surface area (Å²) in [7, 11) is 0. The first-order chi connectivity index (χ1) is 10.6. The molecule has 2 heterocycles. The zero-order valence-electron chi connectivity index (χ0n) is 11.6. The molecule has 0 saturated heterocycles. The molecular formula is C16H10ClFN4. The number of imidazole rings is 1. The van der Waals surface area contributed by atoms with Gasteiger partial charge in [0.15, 0.2) is 5.82 Å². The summed E-state index contributed by atoms with van der Waals surface area (Å²) in [6.45, 7) is 1.80. The van der Waals surface area contributed by atoms with E-state index in [4.69, 9.17) is 11.6 Å². The van der Waals surface area contributed by atoms with Gasteiger partial charge in [-0.25, -0.2) is 19.3 Å². The highest BCUT2D eigenvalue weighted by molar-refractivity contribution is 6.30. The fourth-order valence-corrected chi connectivity index (χ4v) is 2.06. The van der Waals surface area contributed by atoms with Crippen molar-refractivity contribution in [1.29, 1.82) is 0 Å². The van der Waals surface area contributed by atoms with Gasteiger partial charge in [0.2, 0.25) is 5.95 Å². The van der Waals surface area contributed by atoms with Crippen LogP contribution in [0.15, 0.2) is 42.9 Å². The zero-order valence-corrected chi connectivity index (χ0v) is 12.3. The number of hydrogen-bond donors (Lipinski definition) is 0. The van der Waals surface area contributed by atoms with Gasteiger partial charge in [-0.05, 0) is 31.0 Å². The summed E-state index contributed by atoms with van der Waals surface area (Å²) >= 11 is 5.91. The number of aryl methyl sites for hydroxylation is 1. The molecule has 0 N–H and O–H groups in total. The van der Waals surface area contributed by atoms with Crippen molar-refractivity contribution in [2.45, 2.75) is 6.92 Å². The lowest BCUT2D eigenvalue weighted by Gasteiger charge is -2.00. The smallest absolute Gasteiger partial charge is 0.235 e. The van der Waals surface area contributed by atoms with Gasteiger partial charge in [-0.3, -0.25) is 4.57 Å². The van der Waals surface area contributed by atoms with Crippen molar-refractivity contribution in [2.75, 3.05) is 0 Å². The molecule has 0 atom stereocenters. The van der Waals surface area contributed by atoms with Crippen LogP contribution in [0.3, 0.4) is 0 Å².